The molecule has 0 saturated carbocycles. The highest BCUT2D eigenvalue weighted by atomic mass is 79.9. The number of carbonyl (C=O) groups is 1. The van der Waals surface area contributed by atoms with Crippen LogP contribution in [0.5, 0.6) is 5.75 Å². The molecule has 2 unspecified atom stereocenters. The quantitative estimate of drug-likeness (QED) is 0.877. The number of methoxy groups -OCH3 is 1. The average Bonchev–Trinajstić information content (AvgIpc) is 2.80. The van der Waals surface area contributed by atoms with Gasteiger partial charge in [0.25, 0.3) is 0 Å². The van der Waals surface area contributed by atoms with E-state index >= 15 is 0 Å². The molecule has 21 heavy (non-hydrogen) atoms. The molecule has 2 rings (SSSR count). The van der Waals surface area contributed by atoms with E-state index in [2.05, 4.69) is 22.9 Å². The normalized spacial score (nSPS) is 21.0. The van der Waals surface area contributed by atoms with Gasteiger partial charge in [-0.05, 0) is 44.0 Å². The van der Waals surface area contributed by atoms with E-state index in [1.165, 1.54) is 0 Å². The van der Waals surface area contributed by atoms with E-state index in [0.29, 0.717) is 18.9 Å². The number of benzene rings is 1. The van der Waals surface area contributed by atoms with Gasteiger partial charge in [0.2, 0.25) is 5.91 Å². The first-order valence-corrected chi connectivity index (χ1v) is 7.66. The number of nitrogens with zero attached hydrogens (tertiary/aromatic N) is 1. The first kappa shape index (κ1) is 18.3. The molecule has 118 valence electrons. The Morgan fingerprint density at radius 1 is 1.52 bits per heavy atom. The Balaban J connectivity index is 0.00000220. The average molecular weight is 378 g/mol. The number of halogens is 2. The van der Waals surface area contributed by atoms with Crippen molar-refractivity contribution in [2.75, 3.05) is 20.2 Å². The Morgan fingerprint density at radius 3 is 2.81 bits per heavy atom. The van der Waals surface area contributed by atoms with Gasteiger partial charge in [-0.15, -0.1) is 12.4 Å². The SMILES string of the molecule is COc1ccc(Br)cc1CC(=O)N1CC(CN)CC1C.Cl. The molecule has 2 atom stereocenters. The van der Waals surface area contributed by atoms with E-state index < -0.39 is 0 Å². The van der Waals surface area contributed by atoms with Crippen LogP contribution in [0.1, 0.15) is 18.9 Å². The van der Waals surface area contributed by atoms with Gasteiger partial charge in [0.05, 0.1) is 13.5 Å². The van der Waals surface area contributed by atoms with Gasteiger partial charge >= 0.3 is 0 Å². The summed E-state index contributed by atoms with van der Waals surface area (Å²) in [4.78, 5) is 14.4. The van der Waals surface area contributed by atoms with Crippen molar-refractivity contribution in [1.82, 2.24) is 4.90 Å². The molecule has 6 heteroatoms. The number of rotatable bonds is 4. The fraction of sp³-hybridized carbons (Fsp3) is 0.533. The second kappa shape index (κ2) is 8.01. The van der Waals surface area contributed by atoms with E-state index in [-0.39, 0.29) is 24.4 Å². The zero-order valence-corrected chi connectivity index (χ0v) is 14.7. The Bertz CT molecular complexity index is 499. The summed E-state index contributed by atoms with van der Waals surface area (Å²) >= 11 is 3.43. The van der Waals surface area contributed by atoms with E-state index in [4.69, 9.17) is 10.5 Å². The van der Waals surface area contributed by atoms with Crippen LogP contribution < -0.4 is 10.5 Å². The van der Waals surface area contributed by atoms with Crippen LogP contribution in [0, 0.1) is 5.92 Å². The zero-order chi connectivity index (χ0) is 14.7. The summed E-state index contributed by atoms with van der Waals surface area (Å²) in [6.07, 6.45) is 1.36. The Hall–Kier alpha value is -0.780. The molecule has 2 N–H and O–H groups in total. The smallest absolute Gasteiger partial charge is 0.227 e. The highest BCUT2D eigenvalue weighted by molar-refractivity contribution is 9.10. The molecule has 1 fully saturated rings. The van der Waals surface area contributed by atoms with E-state index in [1.807, 2.05) is 23.1 Å². The van der Waals surface area contributed by atoms with Gasteiger partial charge in [-0.1, -0.05) is 15.9 Å². The second-order valence-electron chi connectivity index (χ2n) is 5.37. The number of ether oxygens (including phenoxy) is 1. The van der Waals surface area contributed by atoms with Crippen molar-refractivity contribution in [2.24, 2.45) is 11.7 Å². The summed E-state index contributed by atoms with van der Waals surface area (Å²) in [5, 5.41) is 0. The predicted octanol–water partition coefficient (Wildman–Crippen LogP) is 2.62. The minimum Gasteiger partial charge on any atom is -0.496 e. The fourth-order valence-electron chi connectivity index (χ4n) is 2.81. The van der Waals surface area contributed by atoms with Gasteiger partial charge in [0.1, 0.15) is 5.75 Å². The molecular formula is C15H22BrClN2O2. The predicted molar refractivity (Wildman–Crippen MR) is 90.0 cm³/mol. The maximum atomic E-state index is 12.5. The van der Waals surface area contributed by atoms with Gasteiger partial charge in [-0.2, -0.15) is 0 Å². The third-order valence-electron chi connectivity index (χ3n) is 3.90. The standard InChI is InChI=1S/C15H21BrN2O2.ClH/c1-10-5-11(8-17)9-18(10)15(19)7-12-6-13(16)3-4-14(12)20-2;/h3-4,6,10-11H,5,7-9,17H2,1-2H3;1H. The summed E-state index contributed by atoms with van der Waals surface area (Å²) in [5.41, 5.74) is 6.62. The number of amides is 1. The van der Waals surface area contributed by atoms with Gasteiger partial charge in [0.15, 0.2) is 0 Å². The Labute approximate surface area is 140 Å². The summed E-state index contributed by atoms with van der Waals surface area (Å²) in [5.74, 6) is 1.33. The number of nitrogens with two attached hydrogens (primary N) is 1. The highest BCUT2D eigenvalue weighted by Crippen LogP contribution is 2.27. The molecule has 1 heterocycles. The summed E-state index contributed by atoms with van der Waals surface area (Å²) in [7, 11) is 1.63. The summed E-state index contributed by atoms with van der Waals surface area (Å²) in [6, 6.07) is 6.00. The molecule has 0 spiro atoms. The van der Waals surface area contributed by atoms with Crippen LogP contribution in [0.2, 0.25) is 0 Å². The van der Waals surface area contributed by atoms with Crippen molar-refractivity contribution in [3.63, 3.8) is 0 Å². The number of hydrogen-bond donors (Lipinski definition) is 1. The molecule has 1 aliphatic heterocycles. The van der Waals surface area contributed by atoms with Crippen LogP contribution in [-0.4, -0.2) is 37.0 Å². The third-order valence-corrected chi connectivity index (χ3v) is 4.39. The lowest BCUT2D eigenvalue weighted by atomic mass is 10.1. The lowest BCUT2D eigenvalue weighted by Crippen LogP contribution is -2.35. The van der Waals surface area contributed by atoms with Crippen molar-refractivity contribution < 1.29 is 9.53 Å². The molecule has 0 bridgehead atoms. The first-order chi connectivity index (χ1) is 9.55. The molecule has 1 aromatic carbocycles. The third kappa shape index (κ3) is 4.34. The summed E-state index contributed by atoms with van der Waals surface area (Å²) < 4.78 is 6.28. The lowest BCUT2D eigenvalue weighted by Gasteiger charge is -2.22. The van der Waals surface area contributed by atoms with Crippen LogP contribution in [0.3, 0.4) is 0 Å². The van der Waals surface area contributed by atoms with Crippen LogP contribution in [0.4, 0.5) is 0 Å². The van der Waals surface area contributed by atoms with Crippen molar-refractivity contribution in [3.8, 4) is 5.75 Å². The number of carbonyl (C=O) groups excluding carboxylic acids is 1. The molecule has 0 aromatic heterocycles. The first-order valence-electron chi connectivity index (χ1n) is 6.87. The Morgan fingerprint density at radius 2 is 2.24 bits per heavy atom. The lowest BCUT2D eigenvalue weighted by molar-refractivity contribution is -0.131. The topological polar surface area (TPSA) is 55.6 Å². The minimum atomic E-state index is 0. The molecule has 1 amide bonds. The maximum Gasteiger partial charge on any atom is 0.227 e. The van der Waals surface area contributed by atoms with Gasteiger partial charge in [-0.3, -0.25) is 4.79 Å². The van der Waals surface area contributed by atoms with Crippen LogP contribution >= 0.6 is 28.3 Å². The monoisotopic (exact) mass is 376 g/mol. The second-order valence-corrected chi connectivity index (χ2v) is 6.28. The molecule has 0 radical (unpaired) electrons. The fourth-order valence-corrected chi connectivity index (χ4v) is 3.22. The van der Waals surface area contributed by atoms with Crippen LogP contribution in [0.25, 0.3) is 0 Å². The molecule has 0 aliphatic carbocycles. The molecule has 1 aliphatic rings. The zero-order valence-electron chi connectivity index (χ0n) is 12.3. The van der Waals surface area contributed by atoms with Crippen molar-refractivity contribution in [1.29, 1.82) is 0 Å². The summed E-state index contributed by atoms with van der Waals surface area (Å²) in [6.45, 7) is 3.51. The molecule has 1 aromatic rings. The van der Waals surface area contributed by atoms with Gasteiger partial charge in [0, 0.05) is 22.6 Å². The van der Waals surface area contributed by atoms with Crippen LogP contribution in [0.15, 0.2) is 22.7 Å². The minimum absolute atomic E-state index is 0. The van der Waals surface area contributed by atoms with Gasteiger partial charge in [-0.25, -0.2) is 0 Å². The molecular weight excluding hydrogens is 356 g/mol. The maximum absolute atomic E-state index is 12.5. The van der Waals surface area contributed by atoms with E-state index in [9.17, 15) is 4.79 Å². The van der Waals surface area contributed by atoms with Gasteiger partial charge < -0.3 is 15.4 Å². The molecule has 1 saturated heterocycles. The molecule has 4 nitrogen and oxygen atoms in total. The van der Waals surface area contributed by atoms with E-state index in [0.717, 1.165) is 28.8 Å². The van der Waals surface area contributed by atoms with E-state index in [1.54, 1.807) is 7.11 Å². The Kier molecular flexibility index (Phi) is 6.97. The number of likely N-dealkylation sites (tertiary alicyclic amines) is 1. The van der Waals surface area contributed by atoms with Crippen LogP contribution in [-0.2, 0) is 11.2 Å². The highest BCUT2D eigenvalue weighted by Gasteiger charge is 2.31. The number of hydrogen-bond acceptors (Lipinski definition) is 3. The van der Waals surface area contributed by atoms with Crippen molar-refractivity contribution in [2.45, 2.75) is 25.8 Å². The largest absolute Gasteiger partial charge is 0.496 e. The van der Waals surface area contributed by atoms with Crippen molar-refractivity contribution in [3.05, 3.63) is 28.2 Å². The van der Waals surface area contributed by atoms with Crippen molar-refractivity contribution >= 4 is 34.2 Å².